The second-order valence-electron chi connectivity index (χ2n) is 6.25. The van der Waals surface area contributed by atoms with Gasteiger partial charge in [-0.2, -0.15) is 0 Å². The molecule has 0 heterocycles. The maximum Gasteiger partial charge on any atom is 0.0890 e. The van der Waals surface area contributed by atoms with Crippen molar-refractivity contribution in [1.82, 2.24) is 0 Å². The molecule has 2 heteroatoms. The lowest BCUT2D eigenvalue weighted by atomic mass is 9.72. The van der Waals surface area contributed by atoms with E-state index in [-0.39, 0.29) is 5.92 Å². The highest BCUT2D eigenvalue weighted by Gasteiger charge is 2.37. The Morgan fingerprint density at radius 3 is 2.95 bits per heavy atom. The van der Waals surface area contributed by atoms with Crippen LogP contribution in [0.1, 0.15) is 51.4 Å². The molecule has 2 aliphatic carbocycles. The van der Waals surface area contributed by atoms with Gasteiger partial charge in [0.1, 0.15) is 0 Å². The van der Waals surface area contributed by atoms with Gasteiger partial charge in [0.15, 0.2) is 0 Å². The molecule has 0 aromatic heterocycles. The third kappa shape index (κ3) is 3.83. The summed E-state index contributed by atoms with van der Waals surface area (Å²) in [4.78, 5) is 0. The van der Waals surface area contributed by atoms with Gasteiger partial charge in [-0.3, -0.25) is 0 Å². The average molecular weight is 276 g/mol. The third-order valence-electron chi connectivity index (χ3n) is 4.73. The number of allylic oxidation sites excluding steroid dienone is 1. The normalized spacial score (nSPS) is 30.6. The van der Waals surface area contributed by atoms with E-state index in [9.17, 15) is 5.11 Å². The van der Waals surface area contributed by atoms with Gasteiger partial charge in [-0.15, -0.1) is 6.58 Å². The summed E-state index contributed by atoms with van der Waals surface area (Å²) in [6, 6.07) is 0. The second kappa shape index (κ2) is 7.24. The highest BCUT2D eigenvalue weighted by molar-refractivity contribution is 5.16. The minimum absolute atomic E-state index is 0.106. The van der Waals surface area contributed by atoms with Crippen LogP contribution in [0.2, 0.25) is 0 Å². The first-order valence-electron chi connectivity index (χ1n) is 7.95. The maximum absolute atomic E-state index is 10.6. The molecule has 0 bridgehead atoms. The first-order chi connectivity index (χ1) is 9.65. The predicted molar refractivity (Wildman–Crippen MR) is 83.6 cm³/mol. The quantitative estimate of drug-likeness (QED) is 0.738. The zero-order valence-corrected chi connectivity index (χ0v) is 12.6. The van der Waals surface area contributed by atoms with Crippen molar-refractivity contribution in [3.63, 3.8) is 0 Å². The van der Waals surface area contributed by atoms with Gasteiger partial charge in [0.05, 0.1) is 18.8 Å². The molecular formula is C18H28O2. The van der Waals surface area contributed by atoms with Crippen molar-refractivity contribution in [3.05, 3.63) is 36.5 Å². The van der Waals surface area contributed by atoms with E-state index in [0.29, 0.717) is 6.61 Å². The molecule has 2 rings (SSSR count). The molecule has 1 N–H and O–H groups in total. The fourth-order valence-corrected chi connectivity index (χ4v) is 3.43. The molecule has 0 aromatic carbocycles. The van der Waals surface area contributed by atoms with Crippen molar-refractivity contribution in [3.8, 4) is 0 Å². The Kier molecular flexibility index (Phi) is 5.62. The van der Waals surface area contributed by atoms with Crippen molar-refractivity contribution < 1.29 is 9.84 Å². The first kappa shape index (κ1) is 15.5. The number of hydrogen-bond acceptors (Lipinski definition) is 2. The molecule has 0 aliphatic heterocycles. The Bertz CT molecular complexity index is 383. The molecular weight excluding hydrogens is 248 g/mol. The van der Waals surface area contributed by atoms with Crippen LogP contribution in [-0.4, -0.2) is 23.9 Å². The van der Waals surface area contributed by atoms with Gasteiger partial charge in [-0.1, -0.05) is 31.6 Å². The zero-order valence-electron chi connectivity index (χ0n) is 12.6. The molecule has 2 nitrogen and oxygen atoms in total. The SMILES string of the molecule is C=CC1(O)CCCCC1C(=C)COCC1=CCCCC1. The number of hydrogen-bond donors (Lipinski definition) is 1. The minimum atomic E-state index is -0.775. The lowest BCUT2D eigenvalue weighted by Crippen LogP contribution is -2.40. The van der Waals surface area contributed by atoms with Crippen LogP contribution < -0.4 is 0 Å². The summed E-state index contributed by atoms with van der Waals surface area (Å²) in [5.41, 5.74) is 1.66. The highest BCUT2D eigenvalue weighted by atomic mass is 16.5. The molecule has 1 fully saturated rings. The van der Waals surface area contributed by atoms with Crippen LogP contribution in [0.25, 0.3) is 0 Å². The Hall–Kier alpha value is -0.860. The smallest absolute Gasteiger partial charge is 0.0890 e. The molecule has 20 heavy (non-hydrogen) atoms. The van der Waals surface area contributed by atoms with Crippen LogP contribution in [0.3, 0.4) is 0 Å². The molecule has 0 aromatic rings. The third-order valence-corrected chi connectivity index (χ3v) is 4.73. The van der Waals surface area contributed by atoms with E-state index in [1.165, 1.54) is 31.3 Å². The Balaban J connectivity index is 1.81. The van der Waals surface area contributed by atoms with Gasteiger partial charge in [0.2, 0.25) is 0 Å². The van der Waals surface area contributed by atoms with Crippen molar-refractivity contribution in [2.45, 2.75) is 57.0 Å². The molecule has 112 valence electrons. The first-order valence-corrected chi connectivity index (χ1v) is 7.95. The Morgan fingerprint density at radius 1 is 1.40 bits per heavy atom. The Morgan fingerprint density at radius 2 is 2.25 bits per heavy atom. The fourth-order valence-electron chi connectivity index (χ4n) is 3.43. The van der Waals surface area contributed by atoms with Crippen molar-refractivity contribution >= 4 is 0 Å². The Labute approximate surface area is 123 Å². The summed E-state index contributed by atoms with van der Waals surface area (Å²) in [6.07, 6.45) is 13.0. The molecule has 0 radical (unpaired) electrons. The average Bonchev–Trinajstić information content (AvgIpc) is 2.48. The van der Waals surface area contributed by atoms with E-state index in [1.54, 1.807) is 6.08 Å². The van der Waals surface area contributed by atoms with E-state index in [2.05, 4.69) is 19.2 Å². The van der Waals surface area contributed by atoms with Gasteiger partial charge in [-0.25, -0.2) is 0 Å². The molecule has 2 aliphatic rings. The molecule has 0 saturated heterocycles. The lowest BCUT2D eigenvalue weighted by molar-refractivity contribution is 0.00501. The van der Waals surface area contributed by atoms with Crippen LogP contribution in [-0.2, 0) is 4.74 Å². The topological polar surface area (TPSA) is 29.5 Å². The maximum atomic E-state index is 10.6. The molecule has 0 spiro atoms. The van der Waals surface area contributed by atoms with E-state index in [0.717, 1.165) is 37.9 Å². The highest BCUT2D eigenvalue weighted by Crippen LogP contribution is 2.38. The van der Waals surface area contributed by atoms with Gasteiger partial charge in [0.25, 0.3) is 0 Å². The number of aliphatic hydroxyl groups is 1. The number of rotatable bonds is 6. The van der Waals surface area contributed by atoms with Crippen LogP contribution >= 0.6 is 0 Å². The van der Waals surface area contributed by atoms with Gasteiger partial charge in [0, 0.05) is 5.92 Å². The summed E-state index contributed by atoms with van der Waals surface area (Å²) in [6.45, 7) is 9.23. The van der Waals surface area contributed by atoms with Crippen LogP contribution in [0, 0.1) is 5.92 Å². The van der Waals surface area contributed by atoms with Gasteiger partial charge >= 0.3 is 0 Å². The zero-order chi connectivity index (χ0) is 14.4. The fraction of sp³-hybridized carbons (Fsp3) is 0.667. The molecule has 0 amide bonds. The molecule has 2 atom stereocenters. The van der Waals surface area contributed by atoms with Gasteiger partial charge < -0.3 is 9.84 Å². The van der Waals surface area contributed by atoms with Crippen LogP contribution in [0.4, 0.5) is 0 Å². The summed E-state index contributed by atoms with van der Waals surface area (Å²) >= 11 is 0. The predicted octanol–water partition coefficient (Wildman–Crippen LogP) is 4.17. The summed E-state index contributed by atoms with van der Waals surface area (Å²) in [7, 11) is 0. The van der Waals surface area contributed by atoms with E-state index < -0.39 is 5.60 Å². The lowest BCUT2D eigenvalue weighted by Gasteiger charge is -2.39. The summed E-state index contributed by atoms with van der Waals surface area (Å²) in [5, 5.41) is 10.6. The van der Waals surface area contributed by atoms with E-state index in [1.807, 2.05) is 0 Å². The van der Waals surface area contributed by atoms with Gasteiger partial charge in [-0.05, 0) is 49.7 Å². The second-order valence-corrected chi connectivity index (χ2v) is 6.25. The van der Waals surface area contributed by atoms with E-state index >= 15 is 0 Å². The van der Waals surface area contributed by atoms with Crippen LogP contribution in [0.15, 0.2) is 36.5 Å². The minimum Gasteiger partial charge on any atom is -0.385 e. The molecule has 1 saturated carbocycles. The standard InChI is InChI=1S/C18H28O2/c1-3-18(19)12-8-7-11-17(18)15(2)13-20-14-16-9-5-4-6-10-16/h3,9,17,19H,1-2,4-8,10-14H2. The van der Waals surface area contributed by atoms with Crippen molar-refractivity contribution in [2.24, 2.45) is 5.92 Å². The number of ether oxygens (including phenoxy) is 1. The largest absolute Gasteiger partial charge is 0.385 e. The van der Waals surface area contributed by atoms with Crippen LogP contribution in [0.5, 0.6) is 0 Å². The summed E-state index contributed by atoms with van der Waals surface area (Å²) in [5.74, 6) is 0.106. The summed E-state index contributed by atoms with van der Waals surface area (Å²) < 4.78 is 5.81. The van der Waals surface area contributed by atoms with Crippen molar-refractivity contribution in [1.29, 1.82) is 0 Å². The monoisotopic (exact) mass is 276 g/mol. The van der Waals surface area contributed by atoms with Crippen molar-refractivity contribution in [2.75, 3.05) is 13.2 Å². The molecule has 2 unspecified atom stereocenters. The van der Waals surface area contributed by atoms with E-state index in [4.69, 9.17) is 4.74 Å².